The lowest BCUT2D eigenvalue weighted by molar-refractivity contribution is -0.140. The van der Waals surface area contributed by atoms with Gasteiger partial charge in [0.1, 0.15) is 0 Å². The molecule has 3 heterocycles. The van der Waals surface area contributed by atoms with Crippen molar-refractivity contribution >= 4 is 21.9 Å². The average Bonchev–Trinajstić information content (AvgIpc) is 3.19. The molecule has 1 amide bonds. The molecule has 0 radical (unpaired) electrons. The quantitative estimate of drug-likeness (QED) is 0.814. The van der Waals surface area contributed by atoms with E-state index in [1.54, 1.807) is 0 Å². The van der Waals surface area contributed by atoms with Crippen molar-refractivity contribution in [2.75, 3.05) is 19.6 Å². The molecular weight excluding hydrogens is 372 g/mol. The number of furan rings is 1. The van der Waals surface area contributed by atoms with Crippen LogP contribution in [0.4, 0.5) is 0 Å². The summed E-state index contributed by atoms with van der Waals surface area (Å²) in [5.41, 5.74) is 0. The summed E-state index contributed by atoms with van der Waals surface area (Å²) in [7, 11) is -3.89. The molecule has 1 unspecified atom stereocenters. The molecule has 0 saturated carbocycles. The number of likely N-dealkylation sites (tertiary alicyclic amines) is 1. The van der Waals surface area contributed by atoms with Crippen molar-refractivity contribution < 1.29 is 27.5 Å². The van der Waals surface area contributed by atoms with Crippen LogP contribution in [-0.2, 0) is 14.8 Å². The SMILES string of the molecule is CCC1CCCCN1C(=O)C1CCN(S(=O)(=O)c2ccc(C(=O)O)o2)CC1. The number of piperidine rings is 2. The molecule has 27 heavy (non-hydrogen) atoms. The van der Waals surface area contributed by atoms with E-state index in [0.29, 0.717) is 18.9 Å². The van der Waals surface area contributed by atoms with Crippen LogP contribution in [0.15, 0.2) is 21.6 Å². The van der Waals surface area contributed by atoms with Crippen LogP contribution < -0.4 is 0 Å². The maximum Gasteiger partial charge on any atom is 0.371 e. The third-order valence-corrected chi connectivity index (χ3v) is 7.34. The molecule has 1 atom stereocenters. The lowest BCUT2D eigenvalue weighted by Crippen LogP contribution is -2.49. The van der Waals surface area contributed by atoms with Gasteiger partial charge in [-0.2, -0.15) is 4.31 Å². The van der Waals surface area contributed by atoms with Crippen LogP contribution >= 0.6 is 0 Å². The van der Waals surface area contributed by atoms with Crippen molar-refractivity contribution in [3.63, 3.8) is 0 Å². The van der Waals surface area contributed by atoms with Gasteiger partial charge in [-0.15, -0.1) is 0 Å². The smallest absolute Gasteiger partial charge is 0.371 e. The summed E-state index contributed by atoms with van der Waals surface area (Å²) in [5, 5.41) is 8.52. The van der Waals surface area contributed by atoms with Crippen LogP contribution in [0.5, 0.6) is 0 Å². The minimum Gasteiger partial charge on any atom is -0.475 e. The molecule has 150 valence electrons. The van der Waals surface area contributed by atoms with Crippen LogP contribution in [0.25, 0.3) is 0 Å². The molecule has 0 bridgehead atoms. The molecule has 0 spiro atoms. The van der Waals surface area contributed by atoms with Crippen molar-refractivity contribution in [3.8, 4) is 0 Å². The van der Waals surface area contributed by atoms with E-state index in [0.717, 1.165) is 44.4 Å². The number of amides is 1. The summed E-state index contributed by atoms with van der Waals surface area (Å²) < 4.78 is 31.5. The standard InChI is InChI=1S/C18H26N2O6S/c1-2-14-5-3-4-10-20(14)17(21)13-8-11-19(12-9-13)27(24,25)16-7-6-15(26-16)18(22)23/h6-7,13-14H,2-5,8-12H2,1H3,(H,22,23). The monoisotopic (exact) mass is 398 g/mol. The third kappa shape index (κ3) is 4.03. The molecule has 0 aliphatic carbocycles. The van der Waals surface area contributed by atoms with Gasteiger partial charge in [0.2, 0.25) is 16.8 Å². The maximum absolute atomic E-state index is 12.9. The highest BCUT2D eigenvalue weighted by atomic mass is 32.2. The number of hydrogen-bond donors (Lipinski definition) is 1. The zero-order chi connectivity index (χ0) is 19.6. The highest BCUT2D eigenvalue weighted by Gasteiger charge is 2.37. The molecule has 3 rings (SSSR count). The fourth-order valence-corrected chi connectivity index (χ4v) is 5.37. The van der Waals surface area contributed by atoms with E-state index in [2.05, 4.69) is 6.92 Å². The van der Waals surface area contributed by atoms with E-state index in [1.807, 2.05) is 4.90 Å². The number of nitrogens with zero attached hydrogens (tertiary/aromatic N) is 2. The van der Waals surface area contributed by atoms with Crippen molar-refractivity contribution in [1.29, 1.82) is 0 Å². The Bertz CT molecular complexity index is 795. The molecule has 2 saturated heterocycles. The molecule has 0 aromatic carbocycles. The number of carbonyl (C=O) groups excluding carboxylic acids is 1. The maximum atomic E-state index is 12.9. The Morgan fingerprint density at radius 3 is 2.44 bits per heavy atom. The number of aromatic carboxylic acids is 1. The summed E-state index contributed by atoms with van der Waals surface area (Å²) in [5.74, 6) is -1.73. The van der Waals surface area contributed by atoms with Crippen LogP contribution in [0.2, 0.25) is 0 Å². The predicted octanol–water partition coefficient (Wildman–Crippen LogP) is 2.17. The van der Waals surface area contributed by atoms with Gasteiger partial charge in [0.15, 0.2) is 0 Å². The second-order valence-electron chi connectivity index (χ2n) is 7.19. The van der Waals surface area contributed by atoms with Crippen LogP contribution in [-0.4, -0.2) is 60.3 Å². The van der Waals surface area contributed by atoms with E-state index >= 15 is 0 Å². The summed E-state index contributed by atoms with van der Waals surface area (Å²) in [6.45, 7) is 3.35. The minimum absolute atomic E-state index is 0.143. The van der Waals surface area contributed by atoms with Gasteiger partial charge < -0.3 is 14.4 Å². The van der Waals surface area contributed by atoms with E-state index in [1.165, 1.54) is 4.31 Å². The Balaban J connectivity index is 1.63. The first-order valence-corrected chi connectivity index (χ1v) is 10.9. The Hall–Kier alpha value is -1.87. The number of carbonyl (C=O) groups is 2. The van der Waals surface area contributed by atoms with Crippen molar-refractivity contribution in [2.24, 2.45) is 5.92 Å². The highest BCUT2D eigenvalue weighted by molar-refractivity contribution is 7.89. The first-order valence-electron chi connectivity index (χ1n) is 9.48. The van der Waals surface area contributed by atoms with Gasteiger partial charge in [-0.25, -0.2) is 13.2 Å². The van der Waals surface area contributed by atoms with E-state index in [-0.39, 0.29) is 30.0 Å². The molecule has 1 aromatic rings. The predicted molar refractivity (Wildman–Crippen MR) is 96.8 cm³/mol. The minimum atomic E-state index is -3.89. The lowest BCUT2D eigenvalue weighted by Gasteiger charge is -2.39. The van der Waals surface area contributed by atoms with E-state index in [4.69, 9.17) is 9.52 Å². The number of hydrogen-bond acceptors (Lipinski definition) is 5. The Morgan fingerprint density at radius 1 is 1.15 bits per heavy atom. The highest BCUT2D eigenvalue weighted by Crippen LogP contribution is 2.29. The van der Waals surface area contributed by atoms with Crippen LogP contribution in [0.3, 0.4) is 0 Å². The van der Waals surface area contributed by atoms with Gasteiger partial charge in [-0.1, -0.05) is 6.92 Å². The van der Waals surface area contributed by atoms with E-state index < -0.39 is 21.8 Å². The number of carboxylic acids is 1. The zero-order valence-corrected chi connectivity index (χ0v) is 16.3. The van der Waals surface area contributed by atoms with Gasteiger partial charge in [0.25, 0.3) is 10.0 Å². The average molecular weight is 398 g/mol. The number of carboxylic acid groups (broad SMARTS) is 1. The Labute approximate surface area is 159 Å². The molecule has 8 nitrogen and oxygen atoms in total. The lowest BCUT2D eigenvalue weighted by atomic mass is 9.92. The van der Waals surface area contributed by atoms with Gasteiger partial charge in [-0.3, -0.25) is 4.79 Å². The number of sulfonamides is 1. The first kappa shape index (κ1) is 19.9. The van der Waals surface area contributed by atoms with E-state index in [9.17, 15) is 18.0 Å². The largest absolute Gasteiger partial charge is 0.475 e. The third-order valence-electron chi connectivity index (χ3n) is 5.57. The van der Waals surface area contributed by atoms with Crippen LogP contribution in [0.1, 0.15) is 56.0 Å². The molecule has 2 aliphatic rings. The van der Waals surface area contributed by atoms with Gasteiger partial charge in [-0.05, 0) is 50.7 Å². The Morgan fingerprint density at radius 2 is 1.85 bits per heavy atom. The topological polar surface area (TPSA) is 108 Å². The van der Waals surface area contributed by atoms with Crippen molar-refractivity contribution in [1.82, 2.24) is 9.21 Å². The second kappa shape index (κ2) is 8.02. The fraction of sp³-hybridized carbons (Fsp3) is 0.667. The van der Waals surface area contributed by atoms with Gasteiger partial charge in [0.05, 0.1) is 0 Å². The zero-order valence-electron chi connectivity index (χ0n) is 15.5. The molecule has 2 fully saturated rings. The normalized spacial score (nSPS) is 22.7. The molecule has 2 aliphatic heterocycles. The van der Waals surface area contributed by atoms with Crippen molar-refractivity contribution in [2.45, 2.75) is 56.6 Å². The van der Waals surface area contributed by atoms with Crippen LogP contribution in [0, 0.1) is 5.92 Å². The first-order chi connectivity index (χ1) is 12.8. The second-order valence-corrected chi connectivity index (χ2v) is 9.06. The molecule has 1 N–H and O–H groups in total. The van der Waals surface area contributed by atoms with Gasteiger partial charge >= 0.3 is 5.97 Å². The van der Waals surface area contributed by atoms with Gasteiger partial charge in [0, 0.05) is 31.6 Å². The summed E-state index contributed by atoms with van der Waals surface area (Å²) >= 11 is 0. The number of rotatable bonds is 5. The summed E-state index contributed by atoms with van der Waals surface area (Å²) in [6, 6.07) is 2.59. The Kier molecular flexibility index (Phi) is 5.90. The molecule has 1 aromatic heterocycles. The fourth-order valence-electron chi connectivity index (χ4n) is 3.99. The summed E-state index contributed by atoms with van der Waals surface area (Å²) in [4.78, 5) is 25.8. The molecular formula is C18H26N2O6S. The molecule has 9 heteroatoms. The van der Waals surface area contributed by atoms with Crippen molar-refractivity contribution in [3.05, 3.63) is 17.9 Å². The summed E-state index contributed by atoms with van der Waals surface area (Å²) in [6.07, 6.45) is 5.11.